The minimum atomic E-state index is -0.426. The number of hydrogen-bond acceptors (Lipinski definition) is 5. The fourth-order valence-corrected chi connectivity index (χ4v) is 7.52. The number of likely N-dealkylation sites (tertiary alicyclic amines) is 1. The van der Waals surface area contributed by atoms with Crippen LogP contribution in [0.2, 0.25) is 0 Å². The SMILES string of the molecule is CC(C)CCN1C(=O)C(CC(=O)N2CCC(n3c(=O)[nH]c4ccccc43)CC2)SC1c1ccccc1-n1ccnc1.[HH]. The Hall–Kier alpha value is -3.79. The Morgan fingerprint density at radius 2 is 1.85 bits per heavy atom. The molecule has 1 N–H and O–H groups in total. The first-order chi connectivity index (χ1) is 19.9. The molecule has 41 heavy (non-hydrogen) atoms. The number of hydrogen-bond donors (Lipinski definition) is 1. The maximum atomic E-state index is 13.8. The molecule has 2 aliphatic heterocycles. The molecule has 4 aromatic rings. The molecule has 2 fully saturated rings. The van der Waals surface area contributed by atoms with Crippen LogP contribution in [0.25, 0.3) is 16.7 Å². The summed E-state index contributed by atoms with van der Waals surface area (Å²) in [6, 6.07) is 15.9. The van der Waals surface area contributed by atoms with E-state index in [-0.39, 0.29) is 36.8 Å². The van der Waals surface area contributed by atoms with E-state index < -0.39 is 5.25 Å². The molecule has 2 aliphatic rings. The standard InChI is InChI=1S/C31H36N6O3S.H2/c1-21(2)11-17-36-29(39)27(41-30(36)23-7-3-5-9-25(23)35-18-14-32-20-35)19-28(38)34-15-12-22(13-16-34)37-26-10-6-4-8-24(26)33-31(37)40;/h3-10,14,18,20-22,27,30H,11-13,15-17,19H2,1-2H3,(H,33,40);1H. The molecule has 2 amide bonds. The van der Waals surface area contributed by atoms with Crippen LogP contribution in [0, 0.1) is 5.92 Å². The van der Waals surface area contributed by atoms with Crippen molar-refractivity contribution in [2.24, 2.45) is 5.92 Å². The molecule has 2 atom stereocenters. The number of thioether (sulfide) groups is 1. The maximum absolute atomic E-state index is 13.8. The first-order valence-corrected chi connectivity index (χ1v) is 15.3. The fourth-order valence-electron chi connectivity index (χ4n) is 6.02. The highest BCUT2D eigenvalue weighted by atomic mass is 32.2. The third-order valence-electron chi connectivity index (χ3n) is 8.23. The number of nitrogens with zero attached hydrogens (tertiary/aromatic N) is 5. The largest absolute Gasteiger partial charge is 0.342 e. The molecule has 216 valence electrons. The molecule has 2 aromatic carbocycles. The zero-order valence-corrected chi connectivity index (χ0v) is 24.3. The van der Waals surface area contributed by atoms with Crippen LogP contribution in [-0.2, 0) is 9.59 Å². The van der Waals surface area contributed by atoms with Crippen molar-refractivity contribution in [3.05, 3.63) is 83.3 Å². The van der Waals surface area contributed by atoms with Gasteiger partial charge in [-0.25, -0.2) is 9.78 Å². The highest BCUT2D eigenvalue weighted by Gasteiger charge is 2.43. The van der Waals surface area contributed by atoms with E-state index in [2.05, 4.69) is 29.9 Å². The lowest BCUT2D eigenvalue weighted by molar-refractivity contribution is -0.136. The predicted octanol–water partition coefficient (Wildman–Crippen LogP) is 5.00. The van der Waals surface area contributed by atoms with Crippen molar-refractivity contribution >= 4 is 34.6 Å². The number of H-pyrrole nitrogens is 1. The average molecular weight is 575 g/mol. The van der Waals surface area contributed by atoms with Gasteiger partial charge in [-0.1, -0.05) is 44.2 Å². The number of aromatic nitrogens is 4. The topological polar surface area (TPSA) is 96.2 Å². The maximum Gasteiger partial charge on any atom is 0.326 e. The van der Waals surface area contributed by atoms with Crippen LogP contribution in [0.15, 0.2) is 72.0 Å². The van der Waals surface area contributed by atoms with Crippen molar-refractivity contribution in [1.82, 2.24) is 28.9 Å². The molecule has 2 unspecified atom stereocenters. The van der Waals surface area contributed by atoms with E-state index >= 15 is 0 Å². The van der Waals surface area contributed by atoms with E-state index in [1.165, 1.54) is 0 Å². The van der Waals surface area contributed by atoms with Crippen LogP contribution in [0.3, 0.4) is 0 Å². The Morgan fingerprint density at radius 3 is 2.61 bits per heavy atom. The van der Waals surface area contributed by atoms with Crippen molar-refractivity contribution in [3.63, 3.8) is 0 Å². The minimum Gasteiger partial charge on any atom is -0.342 e. The van der Waals surface area contributed by atoms with Crippen LogP contribution < -0.4 is 5.69 Å². The lowest BCUT2D eigenvalue weighted by atomic mass is 10.0. The minimum absolute atomic E-state index is 0. The van der Waals surface area contributed by atoms with E-state index in [0.717, 1.165) is 28.7 Å². The quantitative estimate of drug-likeness (QED) is 0.319. The van der Waals surface area contributed by atoms with Gasteiger partial charge in [-0.05, 0) is 43.4 Å². The molecule has 0 saturated carbocycles. The summed E-state index contributed by atoms with van der Waals surface area (Å²) in [5, 5.41) is -0.596. The van der Waals surface area contributed by atoms with E-state index in [4.69, 9.17) is 0 Å². The number of carbonyl (C=O) groups is 2. The number of rotatable bonds is 8. The summed E-state index contributed by atoms with van der Waals surface area (Å²) in [6.45, 7) is 6.13. The van der Waals surface area contributed by atoms with Crippen molar-refractivity contribution in [2.45, 2.75) is 56.2 Å². The van der Waals surface area contributed by atoms with Gasteiger partial charge in [0.25, 0.3) is 0 Å². The number of piperidine rings is 1. The first kappa shape index (κ1) is 27.4. The number of nitrogens with one attached hydrogen (secondary N) is 1. The second-order valence-corrected chi connectivity index (χ2v) is 12.6. The van der Waals surface area contributed by atoms with Gasteiger partial charge in [-0.3, -0.25) is 14.2 Å². The van der Waals surface area contributed by atoms with E-state index in [1.54, 1.807) is 24.3 Å². The van der Waals surface area contributed by atoms with Crippen LogP contribution >= 0.6 is 11.8 Å². The Balaban J connectivity index is 0.00000353. The van der Waals surface area contributed by atoms with Gasteiger partial charge in [0.2, 0.25) is 11.8 Å². The predicted molar refractivity (Wildman–Crippen MR) is 163 cm³/mol. The molecule has 9 nitrogen and oxygen atoms in total. The van der Waals surface area contributed by atoms with E-state index in [9.17, 15) is 14.4 Å². The smallest absolute Gasteiger partial charge is 0.326 e. The van der Waals surface area contributed by atoms with Gasteiger partial charge in [0.15, 0.2) is 0 Å². The highest BCUT2D eigenvalue weighted by molar-refractivity contribution is 8.01. The Bertz CT molecular complexity index is 1590. The molecule has 6 rings (SSSR count). The monoisotopic (exact) mass is 574 g/mol. The summed E-state index contributed by atoms with van der Waals surface area (Å²) in [5.74, 6) is 0.506. The van der Waals surface area contributed by atoms with Crippen molar-refractivity contribution in [2.75, 3.05) is 19.6 Å². The molecule has 0 aliphatic carbocycles. The summed E-state index contributed by atoms with van der Waals surface area (Å²) in [5.41, 5.74) is 3.67. The molecular weight excluding hydrogens is 536 g/mol. The summed E-state index contributed by atoms with van der Waals surface area (Å²) in [4.78, 5) is 50.9. The van der Waals surface area contributed by atoms with Crippen molar-refractivity contribution in [1.29, 1.82) is 0 Å². The third-order valence-corrected chi connectivity index (χ3v) is 9.70. The van der Waals surface area contributed by atoms with Gasteiger partial charge >= 0.3 is 5.69 Å². The first-order valence-electron chi connectivity index (χ1n) is 14.4. The summed E-state index contributed by atoms with van der Waals surface area (Å²) in [6.07, 6.45) is 7.93. The van der Waals surface area contributed by atoms with Gasteiger partial charge in [-0.2, -0.15) is 0 Å². The average Bonchev–Trinajstić information content (AvgIpc) is 3.70. The molecule has 2 saturated heterocycles. The summed E-state index contributed by atoms with van der Waals surface area (Å²) < 4.78 is 3.81. The zero-order chi connectivity index (χ0) is 28.5. The van der Waals surface area contributed by atoms with E-state index in [1.807, 2.05) is 67.6 Å². The van der Waals surface area contributed by atoms with Crippen LogP contribution in [-0.4, -0.2) is 65.6 Å². The van der Waals surface area contributed by atoms with Crippen LogP contribution in [0.4, 0.5) is 0 Å². The van der Waals surface area contributed by atoms with Crippen molar-refractivity contribution < 1.29 is 11.0 Å². The normalized spacial score (nSPS) is 20.0. The van der Waals surface area contributed by atoms with Crippen LogP contribution in [0.5, 0.6) is 0 Å². The summed E-state index contributed by atoms with van der Waals surface area (Å²) >= 11 is 1.58. The number of carbonyl (C=O) groups excluding carboxylic acids is 2. The number of imidazole rings is 2. The molecule has 0 bridgehead atoms. The van der Waals surface area contributed by atoms with Gasteiger partial charge in [0.1, 0.15) is 5.37 Å². The Morgan fingerprint density at radius 1 is 1.10 bits per heavy atom. The number of amides is 2. The van der Waals surface area contributed by atoms with E-state index in [0.29, 0.717) is 38.4 Å². The molecule has 4 heterocycles. The number of benzene rings is 2. The summed E-state index contributed by atoms with van der Waals surface area (Å²) in [7, 11) is 0. The number of fused-ring (bicyclic) bond motifs is 1. The molecular formula is C31H38N6O3S. The molecule has 10 heteroatoms. The second-order valence-electron chi connectivity index (χ2n) is 11.4. The molecule has 2 aromatic heterocycles. The van der Waals surface area contributed by atoms with Crippen molar-refractivity contribution in [3.8, 4) is 5.69 Å². The second kappa shape index (κ2) is 11.6. The Labute approximate surface area is 245 Å². The van der Waals surface area contributed by atoms with Gasteiger partial charge in [0.05, 0.1) is 28.3 Å². The van der Waals surface area contributed by atoms with Gasteiger partial charge in [-0.15, -0.1) is 11.8 Å². The number of aromatic amines is 1. The lowest BCUT2D eigenvalue weighted by Gasteiger charge is -2.33. The fraction of sp³-hybridized carbons (Fsp3) is 0.419. The number of para-hydroxylation sites is 3. The molecule has 0 spiro atoms. The zero-order valence-electron chi connectivity index (χ0n) is 23.5. The van der Waals surface area contributed by atoms with Crippen LogP contribution in [0.1, 0.15) is 57.9 Å². The van der Waals surface area contributed by atoms with Gasteiger partial charge < -0.3 is 19.4 Å². The Kier molecular flexibility index (Phi) is 7.75. The van der Waals surface area contributed by atoms with Gasteiger partial charge in [0, 0.05) is 51.5 Å². The molecule has 0 radical (unpaired) electrons. The lowest BCUT2D eigenvalue weighted by Crippen LogP contribution is -2.42. The highest BCUT2D eigenvalue weighted by Crippen LogP contribution is 2.46. The third kappa shape index (κ3) is 5.45.